The highest BCUT2D eigenvalue weighted by Crippen LogP contribution is 2.42. The van der Waals surface area contributed by atoms with Gasteiger partial charge in [-0.1, -0.05) is 0 Å². The van der Waals surface area contributed by atoms with Crippen LogP contribution in [0.25, 0.3) is 28.1 Å². The number of aryl methyl sites for hydroxylation is 1. The van der Waals surface area contributed by atoms with Gasteiger partial charge in [0, 0.05) is 38.3 Å². The van der Waals surface area contributed by atoms with Crippen LogP contribution in [0.3, 0.4) is 0 Å². The van der Waals surface area contributed by atoms with Crippen LogP contribution in [0.15, 0.2) is 36.7 Å². The van der Waals surface area contributed by atoms with Crippen LogP contribution >= 0.6 is 0 Å². The lowest BCUT2D eigenvalue weighted by Gasteiger charge is -2.24. The molecule has 0 unspecified atom stereocenters. The van der Waals surface area contributed by atoms with Crippen LogP contribution in [-0.2, 0) is 18.4 Å². The van der Waals surface area contributed by atoms with Gasteiger partial charge in [0.2, 0.25) is 11.9 Å². The second-order valence-corrected chi connectivity index (χ2v) is 9.76. The molecule has 3 aromatic heterocycles. The van der Waals surface area contributed by atoms with E-state index in [0.717, 1.165) is 12.8 Å². The van der Waals surface area contributed by atoms with Gasteiger partial charge in [-0.05, 0) is 55.5 Å². The van der Waals surface area contributed by atoms with Gasteiger partial charge in [-0.15, -0.1) is 0 Å². The van der Waals surface area contributed by atoms with Crippen LogP contribution < -0.4 is 10.1 Å². The minimum Gasteiger partial charge on any atom is -0.434 e. The molecule has 1 saturated carbocycles. The number of hydrogen-bond donors (Lipinski definition) is 1. The number of pyridine rings is 1. The predicted octanol–water partition coefficient (Wildman–Crippen LogP) is 4.14. The van der Waals surface area contributed by atoms with Gasteiger partial charge in [0.05, 0.1) is 23.1 Å². The van der Waals surface area contributed by atoms with Crippen molar-refractivity contribution in [2.75, 3.05) is 5.32 Å². The highest BCUT2D eigenvalue weighted by Gasteiger charge is 2.40. The maximum absolute atomic E-state index is 13.4. The standard InChI is InChI=1S/C26H25F2N7O3/c1-13(15-4-5-15)34-11-17-8-16(9-21(38-25(27)28)22(17)24(34)37)19-6-7-20-23(31-19)35(18-10-29-33(3)12-18)26(32-20)30-14(2)36/h6-10,12-13,15,25H,4-5,11H2,1-3H3,(H,30,32,36)/t13-/m0/s1. The third-order valence-corrected chi connectivity index (χ3v) is 7.05. The van der Waals surface area contributed by atoms with Crippen LogP contribution in [0.4, 0.5) is 14.7 Å². The van der Waals surface area contributed by atoms with Crippen LogP contribution in [0.1, 0.15) is 42.6 Å². The van der Waals surface area contributed by atoms with Crippen molar-refractivity contribution in [3.8, 4) is 22.7 Å². The average Bonchev–Trinajstić information content (AvgIpc) is 3.41. The van der Waals surface area contributed by atoms with E-state index in [9.17, 15) is 18.4 Å². The molecule has 1 atom stereocenters. The van der Waals surface area contributed by atoms with E-state index in [1.165, 1.54) is 13.0 Å². The first kappa shape index (κ1) is 24.0. The fourth-order valence-corrected chi connectivity index (χ4v) is 5.07. The van der Waals surface area contributed by atoms with Crippen LogP contribution in [0.2, 0.25) is 0 Å². The summed E-state index contributed by atoms with van der Waals surface area (Å²) in [6.07, 6.45) is 5.49. The van der Waals surface area contributed by atoms with Crippen LogP contribution in [-0.4, -0.2) is 53.7 Å². The molecule has 12 heteroatoms. The minimum atomic E-state index is -3.08. The molecule has 38 heavy (non-hydrogen) atoms. The maximum atomic E-state index is 13.4. The first-order chi connectivity index (χ1) is 18.2. The van der Waals surface area contributed by atoms with Gasteiger partial charge in [0.1, 0.15) is 11.3 Å². The highest BCUT2D eigenvalue weighted by molar-refractivity contribution is 6.02. The number of imidazole rings is 1. The highest BCUT2D eigenvalue weighted by atomic mass is 19.3. The zero-order chi connectivity index (χ0) is 26.7. The Bertz CT molecular complexity index is 1590. The zero-order valence-electron chi connectivity index (χ0n) is 21.0. The smallest absolute Gasteiger partial charge is 0.387 e. The first-order valence-electron chi connectivity index (χ1n) is 12.3. The van der Waals surface area contributed by atoms with E-state index in [1.54, 1.807) is 51.8 Å². The third kappa shape index (κ3) is 4.15. The van der Waals surface area contributed by atoms with Gasteiger partial charge in [-0.3, -0.25) is 24.2 Å². The van der Waals surface area contributed by atoms with E-state index < -0.39 is 6.61 Å². The minimum absolute atomic E-state index is 0.0215. The van der Waals surface area contributed by atoms with Crippen molar-refractivity contribution < 1.29 is 23.1 Å². The molecule has 1 aliphatic heterocycles. The van der Waals surface area contributed by atoms with E-state index in [0.29, 0.717) is 46.1 Å². The molecule has 1 aromatic carbocycles. The van der Waals surface area contributed by atoms with Crippen molar-refractivity contribution in [2.24, 2.45) is 13.0 Å². The fourth-order valence-electron chi connectivity index (χ4n) is 5.07. The maximum Gasteiger partial charge on any atom is 0.387 e. The van der Waals surface area contributed by atoms with E-state index >= 15 is 0 Å². The molecular formula is C26H25F2N7O3. The van der Waals surface area contributed by atoms with Gasteiger partial charge < -0.3 is 9.64 Å². The number of hydrogen-bond acceptors (Lipinski definition) is 6. The number of ether oxygens (including phenoxy) is 1. The van der Waals surface area contributed by atoms with Gasteiger partial charge >= 0.3 is 6.61 Å². The Labute approximate surface area is 216 Å². The summed E-state index contributed by atoms with van der Waals surface area (Å²) in [5.74, 6) is -0.0464. The van der Waals surface area contributed by atoms with Gasteiger partial charge in [-0.25, -0.2) is 9.97 Å². The van der Waals surface area contributed by atoms with Crippen molar-refractivity contribution in [1.82, 2.24) is 29.2 Å². The summed E-state index contributed by atoms with van der Waals surface area (Å²) in [6.45, 7) is 0.620. The number of rotatable bonds is 7. The number of fused-ring (bicyclic) bond motifs is 2. The largest absolute Gasteiger partial charge is 0.434 e. The van der Waals surface area contributed by atoms with Crippen molar-refractivity contribution in [3.63, 3.8) is 0 Å². The van der Waals surface area contributed by atoms with Crippen molar-refractivity contribution in [1.29, 1.82) is 0 Å². The summed E-state index contributed by atoms with van der Waals surface area (Å²) < 4.78 is 34.9. The Morgan fingerprint density at radius 3 is 2.66 bits per heavy atom. The Morgan fingerprint density at radius 1 is 1.21 bits per heavy atom. The molecule has 6 rings (SSSR count). The van der Waals surface area contributed by atoms with Crippen LogP contribution in [0, 0.1) is 5.92 Å². The molecule has 196 valence electrons. The SMILES string of the molecule is CC(=O)Nc1nc2ccc(-c3cc4c(c(OC(F)F)c3)C(=O)N([C@@H](C)C3CC3)C4)nc2n1-c1cnn(C)c1. The number of nitrogens with one attached hydrogen (secondary N) is 1. The van der Waals surface area contributed by atoms with E-state index in [4.69, 9.17) is 9.72 Å². The topological polar surface area (TPSA) is 107 Å². The monoisotopic (exact) mass is 521 g/mol. The fraction of sp³-hybridized carbons (Fsp3) is 0.346. The molecule has 0 spiro atoms. The molecule has 2 aliphatic rings. The molecule has 0 radical (unpaired) electrons. The van der Waals surface area contributed by atoms with Gasteiger partial charge in [0.15, 0.2) is 5.65 Å². The lowest BCUT2D eigenvalue weighted by molar-refractivity contribution is -0.114. The summed E-state index contributed by atoms with van der Waals surface area (Å²) in [5.41, 5.74) is 3.39. The average molecular weight is 522 g/mol. The summed E-state index contributed by atoms with van der Waals surface area (Å²) in [5, 5.41) is 6.93. The van der Waals surface area contributed by atoms with Crippen LogP contribution in [0.5, 0.6) is 5.75 Å². The first-order valence-corrected chi connectivity index (χ1v) is 12.3. The molecule has 2 amide bonds. The lowest BCUT2D eigenvalue weighted by Crippen LogP contribution is -2.34. The lowest BCUT2D eigenvalue weighted by atomic mass is 10.0. The Balaban J connectivity index is 1.47. The van der Waals surface area contributed by atoms with Crippen molar-refractivity contribution in [2.45, 2.75) is 45.9 Å². The Hall–Kier alpha value is -4.35. The molecule has 0 saturated heterocycles. The van der Waals surface area contributed by atoms with E-state index in [2.05, 4.69) is 15.4 Å². The summed E-state index contributed by atoms with van der Waals surface area (Å²) in [4.78, 5) is 36.1. The van der Waals surface area contributed by atoms with Gasteiger partial charge in [-0.2, -0.15) is 13.9 Å². The summed E-state index contributed by atoms with van der Waals surface area (Å²) in [7, 11) is 1.77. The number of amides is 2. The molecule has 1 N–H and O–H groups in total. The number of benzene rings is 1. The Morgan fingerprint density at radius 2 is 2.00 bits per heavy atom. The zero-order valence-corrected chi connectivity index (χ0v) is 21.0. The van der Waals surface area contributed by atoms with Crippen molar-refractivity contribution in [3.05, 3.63) is 47.8 Å². The second kappa shape index (κ2) is 8.89. The van der Waals surface area contributed by atoms with Crippen molar-refractivity contribution >= 4 is 28.9 Å². The molecule has 10 nitrogen and oxygen atoms in total. The molecule has 1 aliphatic carbocycles. The number of carbonyl (C=O) groups excluding carboxylic acids is 2. The Kier molecular flexibility index (Phi) is 5.62. The predicted molar refractivity (Wildman–Crippen MR) is 134 cm³/mol. The molecular weight excluding hydrogens is 496 g/mol. The molecule has 4 heterocycles. The number of alkyl halides is 2. The van der Waals surface area contributed by atoms with Gasteiger partial charge in [0.25, 0.3) is 5.91 Å². The van der Waals surface area contributed by atoms with E-state index in [1.807, 2.05) is 6.92 Å². The van der Waals surface area contributed by atoms with E-state index in [-0.39, 0.29) is 35.1 Å². The third-order valence-electron chi connectivity index (χ3n) is 7.05. The molecule has 1 fully saturated rings. The summed E-state index contributed by atoms with van der Waals surface area (Å²) in [6, 6.07) is 6.72. The number of halogens is 2. The summed E-state index contributed by atoms with van der Waals surface area (Å²) >= 11 is 0. The normalized spacial score (nSPS) is 15.8. The quantitative estimate of drug-likeness (QED) is 0.392. The molecule has 4 aromatic rings. The number of aromatic nitrogens is 5. The second-order valence-electron chi connectivity index (χ2n) is 9.76. The number of anilines is 1. The number of carbonyl (C=O) groups is 2. The molecule has 0 bridgehead atoms. The number of nitrogens with zero attached hydrogens (tertiary/aromatic N) is 6.